The van der Waals surface area contributed by atoms with Gasteiger partial charge in [0.05, 0.1) is 27.5 Å². The van der Waals surface area contributed by atoms with Crippen LogP contribution in [0.2, 0.25) is 0 Å². The number of amides is 1. The summed E-state index contributed by atoms with van der Waals surface area (Å²) in [5.41, 5.74) is 0.942. The monoisotopic (exact) mass is 362 g/mol. The van der Waals surface area contributed by atoms with Crippen LogP contribution in [0.3, 0.4) is 0 Å². The number of carboxylic acid groups (broad SMARTS) is 1. The van der Waals surface area contributed by atoms with Crippen molar-refractivity contribution in [2.75, 3.05) is 0 Å². The maximum atomic E-state index is 11.0. The molecule has 0 aromatic carbocycles. The molecule has 0 spiro atoms. The van der Waals surface area contributed by atoms with Crippen LogP contribution in [0.5, 0.6) is 0 Å². The van der Waals surface area contributed by atoms with Gasteiger partial charge in [0.15, 0.2) is 0 Å². The third kappa shape index (κ3) is 3.26. The van der Waals surface area contributed by atoms with Crippen molar-refractivity contribution in [1.29, 1.82) is 0 Å². The summed E-state index contributed by atoms with van der Waals surface area (Å²) in [6.45, 7) is 10.0. The van der Waals surface area contributed by atoms with E-state index in [0.29, 0.717) is 6.42 Å². The summed E-state index contributed by atoms with van der Waals surface area (Å²) in [4.78, 5) is 16.4. The minimum Gasteiger partial charge on any atom is -0.465 e. The van der Waals surface area contributed by atoms with Gasteiger partial charge in [-0.25, -0.2) is 4.79 Å². The van der Waals surface area contributed by atoms with Gasteiger partial charge in [0, 0.05) is 16.5 Å². The van der Waals surface area contributed by atoms with Gasteiger partial charge in [0.2, 0.25) is 0 Å². The Morgan fingerprint density at radius 2 is 2.00 bits per heavy atom. The number of carbonyl (C=O) groups is 1. The summed E-state index contributed by atoms with van der Waals surface area (Å²) in [7, 11) is -0.463. The van der Waals surface area contributed by atoms with Crippen LogP contribution < -0.4 is 10.8 Å². The molecule has 0 aliphatic carbocycles. The van der Waals surface area contributed by atoms with Crippen molar-refractivity contribution in [1.82, 2.24) is 10.3 Å². The second-order valence-corrected chi connectivity index (χ2v) is 8.35. The second-order valence-electron chi connectivity index (χ2n) is 7.26. The van der Waals surface area contributed by atoms with Crippen molar-refractivity contribution < 1.29 is 19.2 Å². The van der Waals surface area contributed by atoms with E-state index in [4.69, 9.17) is 14.4 Å². The zero-order valence-electron chi connectivity index (χ0n) is 15.1. The Morgan fingerprint density at radius 3 is 2.56 bits per heavy atom. The lowest BCUT2D eigenvalue weighted by Crippen LogP contribution is -2.41. The fourth-order valence-corrected chi connectivity index (χ4v) is 4.10. The number of pyridine rings is 1. The lowest BCUT2D eigenvalue weighted by atomic mass is 9.79. The van der Waals surface area contributed by atoms with Crippen molar-refractivity contribution >= 4 is 40.2 Å². The predicted octanol–water partition coefficient (Wildman–Crippen LogP) is 3.31. The number of hydrogen-bond donors (Lipinski definition) is 2. The molecular formula is C17H23BN2O4S. The summed E-state index contributed by atoms with van der Waals surface area (Å²) in [6.07, 6.45) is 1.39. The Hall–Kier alpha value is -1.64. The molecule has 1 fully saturated rings. The molecule has 8 heteroatoms. The van der Waals surface area contributed by atoms with Crippen LogP contribution in [-0.2, 0) is 9.31 Å². The van der Waals surface area contributed by atoms with Gasteiger partial charge in [-0.1, -0.05) is 6.92 Å². The van der Waals surface area contributed by atoms with E-state index in [1.54, 1.807) is 6.20 Å². The summed E-state index contributed by atoms with van der Waals surface area (Å²) in [5, 5.41) is 11.6. The first-order valence-electron chi connectivity index (χ1n) is 8.38. The van der Waals surface area contributed by atoms with Gasteiger partial charge in [-0.15, -0.1) is 11.3 Å². The molecule has 25 heavy (non-hydrogen) atoms. The highest BCUT2D eigenvalue weighted by molar-refractivity contribution is 7.20. The Kier molecular flexibility index (Phi) is 4.55. The molecule has 6 nitrogen and oxygen atoms in total. The molecule has 134 valence electrons. The fourth-order valence-electron chi connectivity index (χ4n) is 2.83. The molecule has 2 aromatic heterocycles. The zero-order chi connectivity index (χ0) is 18.4. The van der Waals surface area contributed by atoms with Gasteiger partial charge in [0.25, 0.3) is 0 Å². The zero-order valence-corrected chi connectivity index (χ0v) is 15.9. The van der Waals surface area contributed by atoms with Gasteiger partial charge >= 0.3 is 13.2 Å². The highest BCUT2D eigenvalue weighted by Crippen LogP contribution is 2.38. The summed E-state index contributed by atoms with van der Waals surface area (Å²) >= 11 is 1.54. The normalized spacial score (nSPS) is 20.0. The van der Waals surface area contributed by atoms with Crippen LogP contribution in [0, 0.1) is 0 Å². The SMILES string of the molecule is CCC(NC(=O)O)c1cc2nccc(B3OC(C)(C)C(C)(C)O3)c2s1. The van der Waals surface area contributed by atoms with Crippen LogP contribution in [0.1, 0.15) is 52.0 Å². The molecule has 2 aromatic rings. The number of fused-ring (bicyclic) bond motifs is 1. The number of nitrogens with zero attached hydrogens (tertiary/aromatic N) is 1. The van der Waals surface area contributed by atoms with E-state index in [9.17, 15) is 4.79 Å². The Balaban J connectivity index is 2.00. The molecule has 1 amide bonds. The molecule has 0 radical (unpaired) electrons. The molecule has 2 N–H and O–H groups in total. The molecule has 1 atom stereocenters. The van der Waals surface area contributed by atoms with Crippen molar-refractivity contribution in [3.8, 4) is 0 Å². The molecule has 1 aliphatic rings. The highest BCUT2D eigenvalue weighted by Gasteiger charge is 2.52. The molecule has 1 unspecified atom stereocenters. The van der Waals surface area contributed by atoms with Crippen molar-refractivity contribution in [2.24, 2.45) is 0 Å². The van der Waals surface area contributed by atoms with E-state index < -0.39 is 24.4 Å². The molecule has 1 saturated heterocycles. The molecule has 0 saturated carbocycles. The van der Waals surface area contributed by atoms with Crippen LogP contribution in [0.15, 0.2) is 18.3 Å². The van der Waals surface area contributed by atoms with Crippen LogP contribution in [-0.4, -0.2) is 34.5 Å². The summed E-state index contributed by atoms with van der Waals surface area (Å²) in [6, 6.07) is 3.61. The standard InChI is InChI=1S/C17H23BN2O4S/c1-6-11(20-15(21)22)13-9-12-14(25-13)10(7-8-19-12)18-23-16(2,3)17(4,5)24-18/h7-9,11,20H,6H2,1-5H3,(H,21,22). The average Bonchev–Trinajstić information content (AvgIpc) is 3.02. The fraction of sp³-hybridized carbons (Fsp3) is 0.529. The Labute approximate surface area is 151 Å². The highest BCUT2D eigenvalue weighted by atomic mass is 32.1. The third-order valence-corrected chi connectivity index (χ3v) is 6.31. The van der Waals surface area contributed by atoms with Gasteiger partial charge in [0.1, 0.15) is 0 Å². The molecule has 1 aliphatic heterocycles. The smallest absolute Gasteiger partial charge is 0.465 e. The van der Waals surface area contributed by atoms with E-state index in [0.717, 1.165) is 20.6 Å². The number of rotatable bonds is 4. The van der Waals surface area contributed by atoms with Crippen molar-refractivity contribution in [3.05, 3.63) is 23.2 Å². The minimum atomic E-state index is -1.02. The summed E-state index contributed by atoms with van der Waals surface area (Å²) in [5.74, 6) is 0. The van der Waals surface area contributed by atoms with E-state index >= 15 is 0 Å². The maximum absolute atomic E-state index is 11.0. The minimum absolute atomic E-state index is 0.247. The lowest BCUT2D eigenvalue weighted by Gasteiger charge is -2.32. The van der Waals surface area contributed by atoms with Gasteiger partial charge in [-0.2, -0.15) is 0 Å². The van der Waals surface area contributed by atoms with Gasteiger partial charge < -0.3 is 19.7 Å². The van der Waals surface area contributed by atoms with Crippen LogP contribution in [0.4, 0.5) is 4.79 Å². The number of hydrogen-bond acceptors (Lipinski definition) is 5. The van der Waals surface area contributed by atoms with Crippen LogP contribution >= 0.6 is 11.3 Å². The number of nitrogens with one attached hydrogen (secondary N) is 1. The molecular weight excluding hydrogens is 339 g/mol. The molecule has 3 rings (SSSR count). The lowest BCUT2D eigenvalue weighted by molar-refractivity contribution is 0.00578. The van der Waals surface area contributed by atoms with Crippen molar-refractivity contribution in [3.63, 3.8) is 0 Å². The van der Waals surface area contributed by atoms with Crippen molar-refractivity contribution in [2.45, 2.75) is 58.3 Å². The van der Waals surface area contributed by atoms with Gasteiger partial charge in [-0.3, -0.25) is 4.98 Å². The van der Waals surface area contributed by atoms with Crippen LogP contribution in [0.25, 0.3) is 10.2 Å². The van der Waals surface area contributed by atoms with E-state index in [-0.39, 0.29) is 6.04 Å². The quantitative estimate of drug-likeness (QED) is 0.816. The third-order valence-electron chi connectivity index (χ3n) is 5.02. The average molecular weight is 362 g/mol. The van der Waals surface area contributed by atoms with E-state index in [1.807, 2.05) is 46.8 Å². The second kappa shape index (κ2) is 6.27. The first kappa shape index (κ1) is 18.2. The topological polar surface area (TPSA) is 80.7 Å². The van der Waals surface area contributed by atoms with Gasteiger partial charge in [-0.05, 0) is 46.2 Å². The first-order valence-corrected chi connectivity index (χ1v) is 9.19. The van der Waals surface area contributed by atoms with E-state index in [2.05, 4.69) is 10.3 Å². The Bertz CT molecular complexity index is 789. The maximum Gasteiger partial charge on any atom is 0.496 e. The first-order chi connectivity index (χ1) is 11.6. The summed E-state index contributed by atoms with van der Waals surface area (Å²) < 4.78 is 13.3. The number of aromatic nitrogens is 1. The molecule has 0 bridgehead atoms. The predicted molar refractivity (Wildman–Crippen MR) is 99.5 cm³/mol. The Morgan fingerprint density at radius 1 is 1.36 bits per heavy atom. The largest absolute Gasteiger partial charge is 0.496 e. The van der Waals surface area contributed by atoms with E-state index in [1.165, 1.54) is 11.3 Å². The number of thiophene rings is 1. The molecule has 3 heterocycles.